The van der Waals surface area contributed by atoms with Crippen LogP contribution in [0.1, 0.15) is 39.7 Å². The predicted molar refractivity (Wildman–Crippen MR) is 80.0 cm³/mol. The summed E-state index contributed by atoms with van der Waals surface area (Å²) in [6.07, 6.45) is 1.09. The van der Waals surface area contributed by atoms with Gasteiger partial charge >= 0.3 is 6.61 Å². The summed E-state index contributed by atoms with van der Waals surface area (Å²) in [6, 6.07) is 5.04. The summed E-state index contributed by atoms with van der Waals surface area (Å²) < 4.78 is 34.5. The molecular weight excluding hydrogens is 276 g/mol. The Morgan fingerprint density at radius 3 is 2.48 bits per heavy atom. The van der Waals surface area contributed by atoms with Crippen LogP contribution >= 0.6 is 0 Å². The highest BCUT2D eigenvalue weighted by atomic mass is 19.3. The Morgan fingerprint density at radius 2 is 1.90 bits per heavy atom. The van der Waals surface area contributed by atoms with Crippen molar-refractivity contribution in [2.24, 2.45) is 5.41 Å². The number of nitrogens with one attached hydrogen (secondary N) is 1. The summed E-state index contributed by atoms with van der Waals surface area (Å²) in [6.45, 7) is 7.47. The lowest BCUT2D eigenvalue weighted by Crippen LogP contribution is -2.28. The van der Waals surface area contributed by atoms with Crippen molar-refractivity contribution in [3.05, 3.63) is 23.8 Å². The molecule has 0 spiro atoms. The first kappa shape index (κ1) is 17.7. The number of hydrogen-bond donors (Lipinski definition) is 1. The minimum absolute atomic E-state index is 0.0736. The van der Waals surface area contributed by atoms with E-state index in [4.69, 9.17) is 4.74 Å². The van der Waals surface area contributed by atoms with Crippen molar-refractivity contribution in [1.82, 2.24) is 5.32 Å². The van der Waals surface area contributed by atoms with Crippen molar-refractivity contribution in [1.29, 1.82) is 0 Å². The highest BCUT2D eigenvalue weighted by Gasteiger charge is 2.15. The smallest absolute Gasteiger partial charge is 0.387 e. The average Bonchev–Trinajstić information content (AvgIpc) is 2.41. The van der Waals surface area contributed by atoms with Gasteiger partial charge in [0.1, 0.15) is 0 Å². The molecule has 0 atom stereocenters. The monoisotopic (exact) mass is 301 g/mol. The van der Waals surface area contributed by atoms with Gasteiger partial charge in [-0.3, -0.25) is 0 Å². The average molecular weight is 301 g/mol. The molecule has 0 fully saturated rings. The molecule has 0 aliphatic rings. The second-order valence-corrected chi connectivity index (χ2v) is 5.71. The second kappa shape index (κ2) is 8.17. The fourth-order valence-corrected chi connectivity index (χ4v) is 1.79. The van der Waals surface area contributed by atoms with E-state index in [1.165, 1.54) is 6.07 Å². The topological polar surface area (TPSA) is 30.5 Å². The van der Waals surface area contributed by atoms with Gasteiger partial charge < -0.3 is 14.8 Å². The van der Waals surface area contributed by atoms with Gasteiger partial charge in [-0.2, -0.15) is 8.78 Å². The summed E-state index contributed by atoms with van der Waals surface area (Å²) in [7, 11) is 0. The summed E-state index contributed by atoms with van der Waals surface area (Å²) >= 11 is 0. The standard InChI is InChI=1S/C16H25F2NO2/c1-5-16(3,4)11-19-10-12-7-8-13(21-15(17)18)14(9-12)20-6-2/h7-9,15,19H,5-6,10-11H2,1-4H3. The lowest BCUT2D eigenvalue weighted by molar-refractivity contribution is -0.0514. The van der Waals surface area contributed by atoms with Crippen LogP contribution in [0.2, 0.25) is 0 Å². The molecule has 1 aromatic carbocycles. The molecule has 0 aliphatic heterocycles. The largest absolute Gasteiger partial charge is 0.490 e. The summed E-state index contributed by atoms with van der Waals surface area (Å²) in [4.78, 5) is 0. The van der Waals surface area contributed by atoms with Gasteiger partial charge in [0.15, 0.2) is 11.5 Å². The number of benzene rings is 1. The van der Waals surface area contributed by atoms with Crippen LogP contribution in [-0.4, -0.2) is 19.8 Å². The molecule has 0 unspecified atom stereocenters. The van der Waals surface area contributed by atoms with Crippen LogP contribution in [0.15, 0.2) is 18.2 Å². The van der Waals surface area contributed by atoms with E-state index in [1.807, 2.05) is 0 Å². The van der Waals surface area contributed by atoms with E-state index in [2.05, 4.69) is 30.8 Å². The molecule has 0 aliphatic carbocycles. The molecule has 0 aromatic heterocycles. The van der Waals surface area contributed by atoms with Crippen molar-refractivity contribution in [3.63, 3.8) is 0 Å². The minimum Gasteiger partial charge on any atom is -0.490 e. The van der Waals surface area contributed by atoms with Gasteiger partial charge in [-0.15, -0.1) is 0 Å². The zero-order valence-electron chi connectivity index (χ0n) is 13.2. The predicted octanol–water partition coefficient (Wildman–Crippen LogP) is 4.21. The molecule has 0 saturated heterocycles. The highest BCUT2D eigenvalue weighted by Crippen LogP contribution is 2.30. The fourth-order valence-electron chi connectivity index (χ4n) is 1.79. The van der Waals surface area contributed by atoms with Crippen LogP contribution in [0.4, 0.5) is 8.78 Å². The number of ether oxygens (including phenoxy) is 2. The Kier molecular flexibility index (Phi) is 6.89. The van der Waals surface area contributed by atoms with Gasteiger partial charge in [0.05, 0.1) is 6.61 Å². The lowest BCUT2D eigenvalue weighted by Gasteiger charge is -2.23. The Morgan fingerprint density at radius 1 is 1.19 bits per heavy atom. The number of alkyl halides is 2. The van der Waals surface area contributed by atoms with E-state index in [0.29, 0.717) is 18.9 Å². The molecule has 0 heterocycles. The molecular formula is C16H25F2NO2. The molecule has 5 heteroatoms. The Bertz CT molecular complexity index is 436. The summed E-state index contributed by atoms with van der Waals surface area (Å²) in [5, 5.41) is 3.38. The minimum atomic E-state index is -2.85. The normalized spacial score (nSPS) is 11.8. The van der Waals surface area contributed by atoms with E-state index < -0.39 is 6.61 Å². The number of hydrogen-bond acceptors (Lipinski definition) is 3. The first-order valence-electron chi connectivity index (χ1n) is 7.29. The van der Waals surface area contributed by atoms with Crippen LogP contribution < -0.4 is 14.8 Å². The molecule has 0 bridgehead atoms. The van der Waals surface area contributed by atoms with Crippen LogP contribution in [-0.2, 0) is 6.54 Å². The van der Waals surface area contributed by atoms with E-state index in [9.17, 15) is 8.78 Å². The zero-order valence-corrected chi connectivity index (χ0v) is 13.2. The molecule has 3 nitrogen and oxygen atoms in total. The molecule has 0 amide bonds. The maximum Gasteiger partial charge on any atom is 0.387 e. The number of rotatable bonds is 9. The maximum atomic E-state index is 12.3. The maximum absolute atomic E-state index is 12.3. The van der Waals surface area contributed by atoms with Crippen molar-refractivity contribution in [2.45, 2.75) is 47.3 Å². The van der Waals surface area contributed by atoms with Gasteiger partial charge in [-0.1, -0.05) is 26.8 Å². The first-order valence-corrected chi connectivity index (χ1v) is 7.29. The van der Waals surface area contributed by atoms with Crippen LogP contribution in [0.3, 0.4) is 0 Å². The lowest BCUT2D eigenvalue weighted by atomic mass is 9.90. The third kappa shape index (κ3) is 6.29. The third-order valence-corrected chi connectivity index (χ3v) is 3.41. The van der Waals surface area contributed by atoms with Gasteiger partial charge in [0.25, 0.3) is 0 Å². The highest BCUT2D eigenvalue weighted by molar-refractivity contribution is 5.43. The molecule has 120 valence electrons. The van der Waals surface area contributed by atoms with Crippen molar-refractivity contribution >= 4 is 0 Å². The van der Waals surface area contributed by atoms with Crippen LogP contribution in [0.5, 0.6) is 11.5 Å². The van der Waals surface area contributed by atoms with Gasteiger partial charge in [0, 0.05) is 13.1 Å². The molecule has 0 radical (unpaired) electrons. The Balaban J connectivity index is 2.69. The fraction of sp³-hybridized carbons (Fsp3) is 0.625. The van der Waals surface area contributed by atoms with E-state index >= 15 is 0 Å². The zero-order chi connectivity index (χ0) is 15.9. The molecule has 1 aromatic rings. The number of halogens is 2. The quantitative estimate of drug-likeness (QED) is 0.741. The molecule has 21 heavy (non-hydrogen) atoms. The van der Waals surface area contributed by atoms with E-state index in [0.717, 1.165) is 18.5 Å². The third-order valence-electron chi connectivity index (χ3n) is 3.41. The van der Waals surface area contributed by atoms with Crippen molar-refractivity contribution in [3.8, 4) is 11.5 Å². The van der Waals surface area contributed by atoms with Crippen LogP contribution in [0, 0.1) is 5.41 Å². The van der Waals surface area contributed by atoms with Gasteiger partial charge in [-0.05, 0) is 36.5 Å². The molecule has 1 N–H and O–H groups in total. The van der Waals surface area contributed by atoms with E-state index in [-0.39, 0.29) is 11.2 Å². The van der Waals surface area contributed by atoms with Gasteiger partial charge in [0.2, 0.25) is 0 Å². The SMILES string of the molecule is CCOc1cc(CNCC(C)(C)CC)ccc1OC(F)F. The first-order chi connectivity index (χ1) is 9.88. The second-order valence-electron chi connectivity index (χ2n) is 5.71. The summed E-state index contributed by atoms with van der Waals surface area (Å²) in [5.41, 5.74) is 1.22. The van der Waals surface area contributed by atoms with Gasteiger partial charge in [-0.25, -0.2) is 0 Å². The van der Waals surface area contributed by atoms with E-state index in [1.54, 1.807) is 19.1 Å². The van der Waals surface area contributed by atoms with Crippen molar-refractivity contribution < 1.29 is 18.3 Å². The summed E-state index contributed by atoms with van der Waals surface area (Å²) in [5.74, 6) is 0.427. The molecule has 0 saturated carbocycles. The Hall–Kier alpha value is -1.36. The van der Waals surface area contributed by atoms with Crippen molar-refractivity contribution in [2.75, 3.05) is 13.2 Å². The molecule has 1 rings (SSSR count). The Labute approximate surface area is 125 Å². The van der Waals surface area contributed by atoms with Crippen LogP contribution in [0.25, 0.3) is 0 Å².